The van der Waals surface area contributed by atoms with Crippen molar-refractivity contribution >= 4 is 11.0 Å². The van der Waals surface area contributed by atoms with E-state index in [0.29, 0.717) is 6.42 Å². The van der Waals surface area contributed by atoms with Gasteiger partial charge in [-0.2, -0.15) is 0 Å². The van der Waals surface area contributed by atoms with Gasteiger partial charge in [-0.15, -0.1) is 0 Å². The third-order valence-electron chi connectivity index (χ3n) is 5.49. The smallest absolute Gasteiger partial charge is 0.127 e. The van der Waals surface area contributed by atoms with Crippen molar-refractivity contribution in [3.63, 3.8) is 0 Å². The van der Waals surface area contributed by atoms with Gasteiger partial charge in [-0.1, -0.05) is 49.4 Å². The molecule has 0 spiro atoms. The minimum Gasteiger partial charge on any atom is -0.251 e. The second-order valence-electron chi connectivity index (χ2n) is 8.02. The van der Waals surface area contributed by atoms with Crippen LogP contribution in [-0.2, 0) is 16.4 Å². The summed E-state index contributed by atoms with van der Waals surface area (Å²) in [6.45, 7) is 5.91. The Morgan fingerprint density at radius 1 is 1.16 bits per heavy atom. The lowest BCUT2D eigenvalue weighted by molar-refractivity contribution is 0.548. The maximum absolute atomic E-state index is 14.8. The van der Waals surface area contributed by atoms with Gasteiger partial charge < -0.3 is 0 Å². The van der Waals surface area contributed by atoms with Crippen LogP contribution in [0.2, 0.25) is 0 Å². The molecule has 1 unspecified atom stereocenters. The van der Waals surface area contributed by atoms with Crippen molar-refractivity contribution in [3.05, 3.63) is 71.0 Å². The summed E-state index contributed by atoms with van der Waals surface area (Å²) in [4.78, 5) is 0. The highest BCUT2D eigenvalue weighted by Crippen LogP contribution is 2.49. The summed E-state index contributed by atoms with van der Waals surface area (Å²) in [5.41, 5.74) is 2.81. The first-order valence-corrected chi connectivity index (χ1v) is 9.95. The van der Waals surface area contributed by atoms with E-state index < -0.39 is 15.7 Å². The molecule has 2 nitrogen and oxygen atoms in total. The third-order valence-corrected chi connectivity index (χ3v) is 6.74. The Kier molecular flexibility index (Phi) is 4.86. The van der Waals surface area contributed by atoms with Crippen molar-refractivity contribution in [2.45, 2.75) is 56.1 Å². The molecular weight excluding hydrogens is 333 g/mol. The minimum absolute atomic E-state index is 0.00286. The van der Waals surface area contributed by atoms with E-state index in [0.717, 1.165) is 29.5 Å². The van der Waals surface area contributed by atoms with Crippen molar-refractivity contribution in [1.29, 1.82) is 0 Å². The molecule has 0 aromatic heterocycles. The highest BCUT2D eigenvalue weighted by molar-refractivity contribution is 7.84. The van der Waals surface area contributed by atoms with E-state index in [9.17, 15) is 8.60 Å². The fourth-order valence-corrected chi connectivity index (χ4v) is 3.71. The molecule has 1 fully saturated rings. The van der Waals surface area contributed by atoms with Crippen molar-refractivity contribution in [2.75, 3.05) is 0 Å². The maximum Gasteiger partial charge on any atom is 0.127 e. The van der Waals surface area contributed by atoms with E-state index in [-0.39, 0.29) is 17.2 Å². The maximum atomic E-state index is 14.8. The van der Waals surface area contributed by atoms with Gasteiger partial charge in [0.2, 0.25) is 0 Å². The van der Waals surface area contributed by atoms with Crippen molar-refractivity contribution in [1.82, 2.24) is 0 Å². The molecule has 1 aliphatic carbocycles. The molecule has 2 N–H and O–H groups in total. The fraction of sp³-hybridized carbons (Fsp3) is 0.429. The van der Waals surface area contributed by atoms with E-state index in [1.165, 1.54) is 0 Å². The lowest BCUT2D eigenvalue weighted by Crippen LogP contribution is -2.34. The van der Waals surface area contributed by atoms with E-state index >= 15 is 0 Å². The summed E-state index contributed by atoms with van der Waals surface area (Å²) >= 11 is 0. The van der Waals surface area contributed by atoms with Crippen molar-refractivity contribution in [2.24, 2.45) is 5.14 Å². The van der Waals surface area contributed by atoms with Gasteiger partial charge in [0.15, 0.2) is 0 Å². The van der Waals surface area contributed by atoms with Crippen LogP contribution in [0.15, 0.2) is 48.5 Å². The largest absolute Gasteiger partial charge is 0.251 e. The molecular formula is C21H26FNOS. The Labute approximate surface area is 152 Å². The number of halogens is 1. The Morgan fingerprint density at radius 3 is 2.32 bits per heavy atom. The summed E-state index contributed by atoms with van der Waals surface area (Å²) in [5.74, 6) is -0.177. The zero-order chi connectivity index (χ0) is 18.2. The van der Waals surface area contributed by atoms with Gasteiger partial charge in [0.1, 0.15) is 5.82 Å². The van der Waals surface area contributed by atoms with E-state index in [4.69, 9.17) is 5.14 Å². The van der Waals surface area contributed by atoms with Crippen LogP contribution in [-0.4, -0.2) is 8.96 Å². The summed E-state index contributed by atoms with van der Waals surface area (Å²) in [7, 11) is -1.45. The number of rotatable bonds is 6. The zero-order valence-corrected chi connectivity index (χ0v) is 15.9. The van der Waals surface area contributed by atoms with E-state index in [1.54, 1.807) is 6.07 Å². The SMILES string of the molecule is CC1(c2ccc([C@@H](CC(C)(C)S(N)=O)c3ccccc3)cc2F)CC1. The zero-order valence-electron chi connectivity index (χ0n) is 15.1. The Bertz CT molecular complexity index is 784. The second kappa shape index (κ2) is 6.65. The number of benzene rings is 2. The van der Waals surface area contributed by atoms with Crippen LogP contribution in [0, 0.1) is 5.82 Å². The van der Waals surface area contributed by atoms with E-state index in [2.05, 4.69) is 6.92 Å². The van der Waals surface area contributed by atoms with Gasteiger partial charge in [0.05, 0.1) is 15.7 Å². The number of hydrogen-bond donors (Lipinski definition) is 1. The molecule has 3 rings (SSSR count). The Morgan fingerprint density at radius 2 is 1.80 bits per heavy atom. The first-order chi connectivity index (χ1) is 11.7. The molecule has 0 heterocycles. The molecule has 0 saturated heterocycles. The van der Waals surface area contributed by atoms with E-state index in [1.807, 2.05) is 56.3 Å². The summed E-state index contributed by atoms with van der Waals surface area (Å²) in [5, 5.41) is 5.69. The standard InChI is InChI=1S/C21H26FNOS/c1-20(2,25(23)24)14-17(15-7-5-4-6-8-15)16-9-10-18(19(22)13-16)21(3)11-12-21/h4-10,13,17H,11-12,14,23H2,1-3H3/t17-,25?/m0/s1. The molecule has 2 aromatic rings. The molecule has 1 saturated carbocycles. The monoisotopic (exact) mass is 359 g/mol. The molecule has 2 aromatic carbocycles. The Hall–Kier alpha value is -1.52. The van der Waals surface area contributed by atoms with Gasteiger partial charge in [-0.3, -0.25) is 5.14 Å². The number of nitrogens with two attached hydrogens (primary N) is 1. The van der Waals surface area contributed by atoms with Crippen LogP contribution in [0.5, 0.6) is 0 Å². The molecule has 0 amide bonds. The fourth-order valence-electron chi connectivity index (χ4n) is 3.38. The molecule has 134 valence electrons. The average molecular weight is 360 g/mol. The first-order valence-electron chi connectivity index (χ1n) is 8.74. The van der Waals surface area contributed by atoms with Gasteiger partial charge >= 0.3 is 0 Å². The highest BCUT2D eigenvalue weighted by atomic mass is 32.2. The normalized spacial score (nSPS) is 18.6. The van der Waals surface area contributed by atoms with Gasteiger partial charge in [-0.25, -0.2) is 8.60 Å². The van der Waals surface area contributed by atoms with Crippen LogP contribution in [0.3, 0.4) is 0 Å². The molecule has 1 aliphatic rings. The van der Waals surface area contributed by atoms with Gasteiger partial charge in [-0.05, 0) is 61.3 Å². The lowest BCUT2D eigenvalue weighted by atomic mass is 9.83. The number of hydrogen-bond acceptors (Lipinski definition) is 1. The molecule has 2 atom stereocenters. The van der Waals surface area contributed by atoms with Crippen LogP contribution in [0.4, 0.5) is 4.39 Å². The van der Waals surface area contributed by atoms with Crippen molar-refractivity contribution in [3.8, 4) is 0 Å². The molecule has 0 bridgehead atoms. The average Bonchev–Trinajstić information content (AvgIpc) is 3.31. The first kappa shape index (κ1) is 18.3. The second-order valence-corrected chi connectivity index (χ2v) is 9.72. The van der Waals surface area contributed by atoms with Crippen LogP contribution >= 0.6 is 0 Å². The predicted octanol–water partition coefficient (Wildman–Crippen LogP) is 4.80. The molecule has 0 radical (unpaired) electrons. The summed E-state index contributed by atoms with van der Waals surface area (Å²) in [6.07, 6.45) is 2.69. The molecule has 0 aliphatic heterocycles. The van der Waals surface area contributed by atoms with Crippen LogP contribution in [0.1, 0.15) is 62.6 Å². The predicted molar refractivity (Wildman–Crippen MR) is 102 cm³/mol. The lowest BCUT2D eigenvalue weighted by Gasteiger charge is -2.28. The van der Waals surface area contributed by atoms with Crippen LogP contribution < -0.4 is 5.14 Å². The van der Waals surface area contributed by atoms with Crippen LogP contribution in [0.25, 0.3) is 0 Å². The third kappa shape index (κ3) is 3.85. The topological polar surface area (TPSA) is 43.1 Å². The Balaban J connectivity index is 2.00. The quantitative estimate of drug-likeness (QED) is 0.791. The summed E-state index contributed by atoms with van der Waals surface area (Å²) < 4.78 is 26.2. The molecule has 4 heteroatoms. The van der Waals surface area contributed by atoms with Gasteiger partial charge in [0.25, 0.3) is 0 Å². The highest BCUT2D eigenvalue weighted by Gasteiger charge is 2.41. The van der Waals surface area contributed by atoms with Gasteiger partial charge in [0, 0.05) is 5.92 Å². The molecule has 25 heavy (non-hydrogen) atoms. The summed E-state index contributed by atoms with van der Waals surface area (Å²) in [6, 6.07) is 15.6. The van der Waals surface area contributed by atoms with Crippen molar-refractivity contribution < 1.29 is 8.60 Å². The minimum atomic E-state index is -1.45.